The Morgan fingerprint density at radius 2 is 1.93 bits per heavy atom. The minimum absolute atomic E-state index is 0.193. The van der Waals surface area contributed by atoms with Crippen LogP contribution in [0.15, 0.2) is 30.3 Å². The molecule has 0 aliphatic heterocycles. The zero-order valence-corrected chi connectivity index (χ0v) is 9.23. The van der Waals surface area contributed by atoms with Crippen molar-refractivity contribution in [2.75, 3.05) is 7.11 Å². The maximum absolute atomic E-state index is 11.1. The van der Waals surface area contributed by atoms with Crippen molar-refractivity contribution < 1.29 is 14.6 Å². The fourth-order valence-corrected chi connectivity index (χ4v) is 1.51. The molecule has 0 aliphatic rings. The first-order valence-corrected chi connectivity index (χ1v) is 4.86. The normalized spacial score (nSPS) is 16.7. The van der Waals surface area contributed by atoms with Crippen molar-refractivity contribution in [2.45, 2.75) is 25.4 Å². The first kappa shape index (κ1) is 11.7. The maximum Gasteiger partial charge on any atom is 0.336 e. The molecule has 82 valence electrons. The fraction of sp³-hybridized carbons (Fsp3) is 0.417. The monoisotopic (exact) mass is 208 g/mol. The van der Waals surface area contributed by atoms with E-state index >= 15 is 0 Å². The summed E-state index contributed by atoms with van der Waals surface area (Å²) in [5.74, 6) is -1.14. The minimum atomic E-state index is -1.18. The van der Waals surface area contributed by atoms with Gasteiger partial charge >= 0.3 is 5.97 Å². The summed E-state index contributed by atoms with van der Waals surface area (Å²) in [6.07, 6.45) is 0. The van der Waals surface area contributed by atoms with Crippen LogP contribution in [0.25, 0.3) is 0 Å². The van der Waals surface area contributed by atoms with Crippen LogP contribution in [0.3, 0.4) is 0 Å². The van der Waals surface area contributed by atoms with Gasteiger partial charge in [-0.1, -0.05) is 37.3 Å². The number of carboxylic acid groups (broad SMARTS) is 1. The molecule has 3 nitrogen and oxygen atoms in total. The van der Waals surface area contributed by atoms with E-state index in [1.165, 1.54) is 7.11 Å². The number of hydrogen-bond donors (Lipinski definition) is 1. The van der Waals surface area contributed by atoms with Crippen LogP contribution in [0.5, 0.6) is 0 Å². The molecule has 2 atom stereocenters. The first-order chi connectivity index (χ1) is 7.02. The highest BCUT2D eigenvalue weighted by molar-refractivity contribution is 5.78. The molecule has 1 aromatic carbocycles. The van der Waals surface area contributed by atoms with Gasteiger partial charge in [-0.15, -0.1) is 0 Å². The topological polar surface area (TPSA) is 46.5 Å². The number of ether oxygens (including phenoxy) is 1. The number of aliphatic carboxylic acids is 1. The summed E-state index contributed by atoms with van der Waals surface area (Å²) >= 11 is 0. The number of carboxylic acids is 1. The van der Waals surface area contributed by atoms with Gasteiger partial charge < -0.3 is 9.84 Å². The third-order valence-electron chi connectivity index (χ3n) is 2.97. The minimum Gasteiger partial charge on any atom is -0.479 e. The van der Waals surface area contributed by atoms with Crippen LogP contribution in [0.4, 0.5) is 0 Å². The van der Waals surface area contributed by atoms with Crippen LogP contribution >= 0.6 is 0 Å². The van der Waals surface area contributed by atoms with Gasteiger partial charge in [0.2, 0.25) is 0 Å². The lowest BCUT2D eigenvalue weighted by atomic mass is 9.85. The summed E-state index contributed by atoms with van der Waals surface area (Å²) in [4.78, 5) is 11.1. The van der Waals surface area contributed by atoms with Gasteiger partial charge in [-0.2, -0.15) is 0 Å². The second-order valence-corrected chi connectivity index (χ2v) is 3.75. The second-order valence-electron chi connectivity index (χ2n) is 3.75. The summed E-state index contributed by atoms with van der Waals surface area (Å²) in [6, 6.07) is 9.50. The molecule has 0 heterocycles. The molecule has 1 aromatic rings. The van der Waals surface area contributed by atoms with Gasteiger partial charge in [0, 0.05) is 13.0 Å². The molecule has 0 aromatic heterocycles. The lowest BCUT2D eigenvalue weighted by Crippen LogP contribution is -2.42. The molecule has 0 bridgehead atoms. The maximum atomic E-state index is 11.1. The highest BCUT2D eigenvalue weighted by atomic mass is 16.5. The Kier molecular flexibility index (Phi) is 3.48. The molecule has 3 heteroatoms. The van der Waals surface area contributed by atoms with E-state index in [2.05, 4.69) is 0 Å². The van der Waals surface area contributed by atoms with Gasteiger partial charge in [-0.05, 0) is 12.5 Å². The average Bonchev–Trinajstić information content (AvgIpc) is 2.28. The largest absolute Gasteiger partial charge is 0.479 e. The Hall–Kier alpha value is -1.35. The number of carbonyl (C=O) groups is 1. The molecule has 1 rings (SSSR count). The van der Waals surface area contributed by atoms with Crippen molar-refractivity contribution in [2.24, 2.45) is 0 Å². The van der Waals surface area contributed by atoms with Crippen LogP contribution in [-0.4, -0.2) is 23.8 Å². The van der Waals surface area contributed by atoms with Crippen LogP contribution in [0, 0.1) is 0 Å². The number of rotatable bonds is 4. The highest BCUT2D eigenvalue weighted by Crippen LogP contribution is 2.30. The van der Waals surface area contributed by atoms with Gasteiger partial charge in [0.25, 0.3) is 0 Å². The van der Waals surface area contributed by atoms with Gasteiger partial charge in [0.05, 0.1) is 0 Å². The summed E-state index contributed by atoms with van der Waals surface area (Å²) < 4.78 is 5.12. The Morgan fingerprint density at radius 1 is 1.40 bits per heavy atom. The quantitative estimate of drug-likeness (QED) is 0.825. The molecule has 0 amide bonds. The van der Waals surface area contributed by atoms with Crippen molar-refractivity contribution in [1.82, 2.24) is 0 Å². The third kappa shape index (κ3) is 2.18. The Morgan fingerprint density at radius 3 is 2.33 bits per heavy atom. The zero-order chi connectivity index (χ0) is 11.5. The van der Waals surface area contributed by atoms with E-state index in [-0.39, 0.29) is 5.92 Å². The van der Waals surface area contributed by atoms with E-state index < -0.39 is 11.6 Å². The second kappa shape index (κ2) is 4.45. The molecular weight excluding hydrogens is 192 g/mol. The van der Waals surface area contributed by atoms with Crippen LogP contribution in [0.2, 0.25) is 0 Å². The van der Waals surface area contributed by atoms with Crippen molar-refractivity contribution in [3.63, 3.8) is 0 Å². The predicted octanol–water partition coefficient (Wildman–Crippen LogP) is 2.28. The smallest absolute Gasteiger partial charge is 0.336 e. The molecule has 0 aliphatic carbocycles. The molecule has 0 fully saturated rings. The number of hydrogen-bond acceptors (Lipinski definition) is 2. The summed E-state index contributed by atoms with van der Waals surface area (Å²) in [5.41, 5.74) is -0.217. The van der Waals surface area contributed by atoms with Crippen molar-refractivity contribution in [3.8, 4) is 0 Å². The fourth-order valence-electron chi connectivity index (χ4n) is 1.51. The summed E-state index contributed by atoms with van der Waals surface area (Å²) in [5, 5.41) is 9.14. The molecule has 0 radical (unpaired) electrons. The summed E-state index contributed by atoms with van der Waals surface area (Å²) in [7, 11) is 1.42. The molecule has 1 N–H and O–H groups in total. The Bertz CT molecular complexity index is 334. The van der Waals surface area contributed by atoms with Crippen molar-refractivity contribution in [3.05, 3.63) is 35.9 Å². The molecular formula is C12H16O3. The van der Waals surface area contributed by atoms with Crippen molar-refractivity contribution in [1.29, 1.82) is 0 Å². The van der Waals surface area contributed by atoms with E-state index in [0.29, 0.717) is 0 Å². The number of benzene rings is 1. The van der Waals surface area contributed by atoms with E-state index in [0.717, 1.165) is 5.56 Å². The third-order valence-corrected chi connectivity index (χ3v) is 2.97. The van der Waals surface area contributed by atoms with E-state index in [4.69, 9.17) is 9.84 Å². The van der Waals surface area contributed by atoms with Gasteiger partial charge in [0.1, 0.15) is 0 Å². The SMILES string of the molecule is COC(C)(C(=O)O)C(C)c1ccccc1. The van der Waals surface area contributed by atoms with E-state index in [9.17, 15) is 4.79 Å². The predicted molar refractivity (Wildman–Crippen MR) is 57.9 cm³/mol. The van der Waals surface area contributed by atoms with Gasteiger partial charge in [-0.3, -0.25) is 0 Å². The zero-order valence-electron chi connectivity index (χ0n) is 9.23. The van der Waals surface area contributed by atoms with Crippen LogP contribution < -0.4 is 0 Å². The highest BCUT2D eigenvalue weighted by Gasteiger charge is 2.39. The first-order valence-electron chi connectivity index (χ1n) is 4.86. The Labute approximate surface area is 89.7 Å². The molecule has 0 spiro atoms. The molecule has 0 saturated carbocycles. The summed E-state index contributed by atoms with van der Waals surface area (Å²) in [6.45, 7) is 3.44. The number of methoxy groups -OCH3 is 1. The standard InChI is InChI=1S/C12H16O3/c1-9(10-7-5-4-6-8-10)12(2,15-3)11(13)14/h4-9H,1-3H3,(H,13,14). The molecule has 15 heavy (non-hydrogen) atoms. The lowest BCUT2D eigenvalue weighted by molar-refractivity contribution is -0.162. The van der Waals surface area contributed by atoms with Gasteiger partial charge in [-0.25, -0.2) is 4.79 Å². The van der Waals surface area contributed by atoms with Crippen molar-refractivity contribution >= 4 is 5.97 Å². The van der Waals surface area contributed by atoms with Gasteiger partial charge in [0.15, 0.2) is 5.60 Å². The van der Waals surface area contributed by atoms with E-state index in [1.807, 2.05) is 37.3 Å². The average molecular weight is 208 g/mol. The Balaban J connectivity index is 3.02. The molecule has 0 saturated heterocycles. The van der Waals surface area contributed by atoms with Crippen LogP contribution in [-0.2, 0) is 9.53 Å². The molecule has 2 unspecified atom stereocenters. The van der Waals surface area contributed by atoms with Crippen LogP contribution in [0.1, 0.15) is 25.3 Å². The lowest BCUT2D eigenvalue weighted by Gasteiger charge is -2.30. The van der Waals surface area contributed by atoms with E-state index in [1.54, 1.807) is 6.92 Å².